The lowest BCUT2D eigenvalue weighted by atomic mass is 9.88. The number of ether oxygens (including phenoxy) is 1. The SMILES string of the molecule is [2H]c1c([2H])c([2H])c(-c2cccc(-c3c([2H])c([2H])c([2H])c([2H])c3[2H])c2-[n+]2[c-]n(-c3cc(Oc4ccc5c6ccccc6n(-c6cc(C([2H])([2H])C(C)(C)C)ccn6)c5c4)cc(CC(C)(C)C)n3)c3ccccc32)c([2H])c1[2H]. The van der Waals surface area contributed by atoms with Crippen LogP contribution in [-0.4, -0.2) is 19.1 Å². The molecule has 0 unspecified atom stereocenters. The zero-order valence-corrected chi connectivity index (χ0v) is 35.8. The van der Waals surface area contributed by atoms with Crippen molar-refractivity contribution in [1.82, 2.24) is 19.1 Å². The molecule has 6 heteroatoms. The Hall–Kier alpha value is -7.31. The molecular weight excluding hydrogens is 771 g/mol. The molecule has 0 fully saturated rings. The molecule has 6 nitrogen and oxygen atoms in total. The van der Waals surface area contributed by atoms with Gasteiger partial charge in [-0.15, -0.1) is 0 Å². The number of nitrogens with zero attached hydrogens (tertiary/aromatic N) is 5. The highest BCUT2D eigenvalue weighted by atomic mass is 16.5. The molecule has 0 aliphatic heterocycles. The topological polar surface area (TPSA) is 48.8 Å². The fraction of sp³-hybridized carbons (Fsp3) is 0.175. The van der Waals surface area contributed by atoms with E-state index in [0.29, 0.717) is 51.8 Å². The van der Waals surface area contributed by atoms with Crippen molar-refractivity contribution in [3.05, 3.63) is 193 Å². The summed E-state index contributed by atoms with van der Waals surface area (Å²) in [6, 6.07) is 27.6. The molecule has 0 saturated carbocycles. The Labute approximate surface area is 386 Å². The second-order valence-electron chi connectivity index (χ2n) is 17.8. The number of benzene rings is 6. The predicted octanol–water partition coefficient (Wildman–Crippen LogP) is 13.9. The largest absolute Gasteiger partial charge is 0.458 e. The normalized spacial score (nSPS) is 15.0. The van der Waals surface area contributed by atoms with E-state index in [-0.39, 0.29) is 33.4 Å². The fourth-order valence-corrected chi connectivity index (χ4v) is 8.15. The summed E-state index contributed by atoms with van der Waals surface area (Å²) in [5.41, 5.74) is 3.11. The molecule has 0 radical (unpaired) electrons. The van der Waals surface area contributed by atoms with Gasteiger partial charge in [-0.25, -0.2) is 4.98 Å². The van der Waals surface area contributed by atoms with Crippen molar-refractivity contribution in [1.29, 1.82) is 0 Å². The third-order valence-corrected chi connectivity index (χ3v) is 10.5. The maximum atomic E-state index is 9.08. The maximum Gasteiger partial charge on any atom is 0.271 e. The molecule has 10 rings (SSSR count). The lowest BCUT2D eigenvalue weighted by Gasteiger charge is -2.19. The van der Waals surface area contributed by atoms with Crippen molar-refractivity contribution in [3.63, 3.8) is 0 Å². The second kappa shape index (κ2) is 15.9. The molecule has 310 valence electrons. The molecule has 0 N–H and O–H groups in total. The van der Waals surface area contributed by atoms with Crippen molar-refractivity contribution >= 4 is 32.8 Å². The highest BCUT2D eigenvalue weighted by Crippen LogP contribution is 2.38. The molecule has 0 atom stereocenters. The lowest BCUT2D eigenvalue weighted by Crippen LogP contribution is -2.31. The van der Waals surface area contributed by atoms with Gasteiger partial charge in [0, 0.05) is 43.6 Å². The molecule has 0 amide bonds. The third-order valence-electron chi connectivity index (χ3n) is 10.5. The van der Waals surface area contributed by atoms with Crippen LogP contribution in [0.15, 0.2) is 176 Å². The second-order valence-corrected chi connectivity index (χ2v) is 17.8. The van der Waals surface area contributed by atoms with Crippen molar-refractivity contribution in [3.8, 4) is 51.1 Å². The first-order valence-corrected chi connectivity index (χ1v) is 20.8. The summed E-state index contributed by atoms with van der Waals surface area (Å²) in [6.45, 7) is 11.9. The Bertz CT molecular complexity index is 3840. The molecule has 0 bridgehead atoms. The van der Waals surface area contributed by atoms with E-state index in [4.69, 9.17) is 31.2 Å². The maximum absolute atomic E-state index is 9.08. The Kier molecular flexibility index (Phi) is 7.13. The van der Waals surface area contributed by atoms with Gasteiger partial charge >= 0.3 is 0 Å². The van der Waals surface area contributed by atoms with Gasteiger partial charge in [-0.1, -0.05) is 163 Å². The van der Waals surface area contributed by atoms with Gasteiger partial charge in [0.05, 0.1) is 41.5 Å². The van der Waals surface area contributed by atoms with Gasteiger partial charge in [0.2, 0.25) is 0 Å². The van der Waals surface area contributed by atoms with Gasteiger partial charge in [0.1, 0.15) is 17.3 Å². The van der Waals surface area contributed by atoms with Crippen LogP contribution in [0, 0.1) is 17.2 Å². The van der Waals surface area contributed by atoms with Crippen LogP contribution in [0.4, 0.5) is 0 Å². The highest BCUT2D eigenvalue weighted by Gasteiger charge is 2.22. The number of hydrogen-bond acceptors (Lipinski definition) is 3. The van der Waals surface area contributed by atoms with E-state index in [1.54, 1.807) is 63.9 Å². The van der Waals surface area contributed by atoms with Crippen molar-refractivity contribution in [2.75, 3.05) is 0 Å². The standard InChI is InChI=1S/C57H51N5O/c1-56(2,3)36-39-30-31-58-53(32-39)62-49-25-14-13-22-47(49)48-29-28-43(34-52(48)62)63-44-33-42(37-57(4,5)6)59-54(35-44)60-38-61(51-27-16-15-26-50(51)60)55-45(40-18-9-7-10-19-40)23-17-24-46(55)41-20-11-8-12-21-41/h7-35H,36-37H2,1-6H3/i7D,8D,9D,10D,11D,12D,18D,19D,20D,21D,36D2. The van der Waals surface area contributed by atoms with Crippen LogP contribution in [0.25, 0.3) is 72.4 Å². The van der Waals surface area contributed by atoms with Crippen LogP contribution in [0.2, 0.25) is 0 Å². The van der Waals surface area contributed by atoms with Crippen LogP contribution >= 0.6 is 0 Å². The molecule has 6 aromatic carbocycles. The van der Waals surface area contributed by atoms with E-state index < -0.39 is 72.2 Å². The number of hydrogen-bond donors (Lipinski definition) is 0. The Morgan fingerprint density at radius 1 is 0.635 bits per heavy atom. The number of rotatable bonds is 9. The molecule has 0 aliphatic carbocycles. The number of para-hydroxylation sites is 4. The molecule has 0 saturated heterocycles. The Morgan fingerprint density at radius 2 is 1.30 bits per heavy atom. The minimum atomic E-state index is -1.66. The zero-order valence-electron chi connectivity index (χ0n) is 47.8. The van der Waals surface area contributed by atoms with Gasteiger partial charge in [0.25, 0.3) is 6.33 Å². The minimum Gasteiger partial charge on any atom is -0.458 e. The van der Waals surface area contributed by atoms with Crippen molar-refractivity contribution < 1.29 is 25.8 Å². The van der Waals surface area contributed by atoms with Gasteiger partial charge < -0.3 is 4.74 Å². The van der Waals surface area contributed by atoms with E-state index in [0.717, 1.165) is 21.8 Å². The lowest BCUT2D eigenvalue weighted by molar-refractivity contribution is -0.571. The van der Waals surface area contributed by atoms with Crippen molar-refractivity contribution in [2.45, 2.75) is 54.3 Å². The average molecular weight is 834 g/mol. The fourth-order valence-electron chi connectivity index (χ4n) is 8.15. The third kappa shape index (κ3) is 8.01. The summed E-state index contributed by atoms with van der Waals surface area (Å²) in [7, 11) is 0. The van der Waals surface area contributed by atoms with E-state index >= 15 is 0 Å². The summed E-state index contributed by atoms with van der Waals surface area (Å²) >= 11 is 0. The van der Waals surface area contributed by atoms with Crippen LogP contribution in [-0.2, 0) is 12.8 Å². The van der Waals surface area contributed by atoms with Crippen LogP contribution in [0.1, 0.15) is 69.2 Å². The molecule has 4 aromatic heterocycles. The summed E-state index contributed by atoms with van der Waals surface area (Å²) in [5, 5.41) is 1.92. The van der Waals surface area contributed by atoms with Crippen LogP contribution in [0.5, 0.6) is 11.5 Å². The van der Waals surface area contributed by atoms with Crippen LogP contribution < -0.4 is 9.30 Å². The summed E-state index contributed by atoms with van der Waals surface area (Å²) < 4.78 is 118. The van der Waals surface area contributed by atoms with Gasteiger partial charge in [0.15, 0.2) is 5.82 Å². The van der Waals surface area contributed by atoms with Gasteiger partial charge in [-0.3, -0.25) is 18.7 Å². The molecule has 4 heterocycles. The van der Waals surface area contributed by atoms with Crippen molar-refractivity contribution in [2.24, 2.45) is 10.8 Å². The molecule has 63 heavy (non-hydrogen) atoms. The average Bonchev–Trinajstić information content (AvgIpc) is 3.93. The van der Waals surface area contributed by atoms with E-state index in [1.807, 2.05) is 86.0 Å². The molecule has 10 aromatic rings. The zero-order chi connectivity index (χ0) is 53.8. The van der Waals surface area contributed by atoms with E-state index in [2.05, 4.69) is 27.1 Å². The molecular formula is C57H51N5O. The smallest absolute Gasteiger partial charge is 0.271 e. The first-order chi connectivity index (χ1) is 35.4. The first-order valence-electron chi connectivity index (χ1n) is 26.8. The van der Waals surface area contributed by atoms with Crippen LogP contribution in [0.3, 0.4) is 0 Å². The quantitative estimate of drug-likeness (QED) is 0.107. The molecule has 0 aliphatic rings. The van der Waals surface area contributed by atoms with Gasteiger partial charge in [-0.2, -0.15) is 0 Å². The highest BCUT2D eigenvalue weighted by molar-refractivity contribution is 6.09. The monoisotopic (exact) mass is 833 g/mol. The molecule has 0 spiro atoms. The number of fused-ring (bicyclic) bond motifs is 4. The number of pyridine rings is 2. The first kappa shape index (κ1) is 28.3. The summed E-state index contributed by atoms with van der Waals surface area (Å²) in [4.78, 5) is 9.95. The summed E-state index contributed by atoms with van der Waals surface area (Å²) in [6.07, 6.45) is 3.95. The van der Waals surface area contributed by atoms with E-state index in [9.17, 15) is 0 Å². The summed E-state index contributed by atoms with van der Waals surface area (Å²) in [5.74, 6) is 1.88. The number of aromatic nitrogens is 5. The van der Waals surface area contributed by atoms with Gasteiger partial charge in [-0.05, 0) is 81.8 Å². The Morgan fingerprint density at radius 3 is 2.00 bits per heavy atom. The van der Waals surface area contributed by atoms with E-state index in [1.165, 1.54) is 0 Å². The number of imidazole rings is 1. The predicted molar refractivity (Wildman–Crippen MR) is 257 cm³/mol. The minimum absolute atomic E-state index is 0.126. The Balaban J connectivity index is 1.19.